The molecule has 6 nitrogen and oxygen atoms in total. The van der Waals surface area contributed by atoms with Crippen molar-refractivity contribution in [2.24, 2.45) is 5.92 Å². The van der Waals surface area contributed by atoms with E-state index in [-0.39, 0.29) is 19.1 Å². The first-order valence-corrected chi connectivity index (χ1v) is 7.40. The van der Waals surface area contributed by atoms with Crippen LogP contribution in [0.2, 0.25) is 0 Å². The van der Waals surface area contributed by atoms with Crippen LogP contribution < -0.4 is 0 Å². The Hall–Kier alpha value is -1.99. The van der Waals surface area contributed by atoms with Crippen molar-refractivity contribution in [3.8, 4) is 0 Å². The number of amides is 1. The van der Waals surface area contributed by atoms with Gasteiger partial charge in [-0.15, -0.1) is 0 Å². The van der Waals surface area contributed by atoms with Gasteiger partial charge in [0.2, 0.25) is 0 Å². The summed E-state index contributed by atoms with van der Waals surface area (Å²) >= 11 is 0. The first kappa shape index (κ1) is 17.4. The number of carbonyl (C=O) groups is 2. The van der Waals surface area contributed by atoms with Crippen LogP contribution in [0.25, 0.3) is 0 Å². The molecule has 23 heavy (non-hydrogen) atoms. The van der Waals surface area contributed by atoms with Crippen LogP contribution in [0.1, 0.15) is 22.3 Å². The summed E-state index contributed by atoms with van der Waals surface area (Å²) in [6, 6.07) is 4.09. The van der Waals surface area contributed by atoms with E-state index in [1.807, 2.05) is 0 Å². The highest BCUT2D eigenvalue weighted by molar-refractivity contribution is 5.95. The minimum atomic E-state index is -0.897. The summed E-state index contributed by atoms with van der Waals surface area (Å²) in [5, 5.41) is 8.99. The number of halogens is 1. The van der Waals surface area contributed by atoms with E-state index >= 15 is 0 Å². The van der Waals surface area contributed by atoms with E-state index < -0.39 is 17.7 Å². The molecule has 1 amide bonds. The molecule has 0 spiro atoms. The molecule has 1 saturated heterocycles. The molecule has 0 bridgehead atoms. The van der Waals surface area contributed by atoms with E-state index in [9.17, 15) is 14.0 Å². The molecule has 7 heteroatoms. The lowest BCUT2D eigenvalue weighted by Gasteiger charge is -2.16. The van der Waals surface area contributed by atoms with Crippen molar-refractivity contribution in [1.82, 2.24) is 4.90 Å². The van der Waals surface area contributed by atoms with Crippen LogP contribution in [0.3, 0.4) is 0 Å². The summed E-state index contributed by atoms with van der Waals surface area (Å²) in [6.07, 6.45) is 0.440. The van der Waals surface area contributed by atoms with Crippen molar-refractivity contribution in [2.75, 3.05) is 33.4 Å². The van der Waals surface area contributed by atoms with Crippen LogP contribution in [0.4, 0.5) is 4.39 Å². The lowest BCUT2D eigenvalue weighted by atomic mass is 10.1. The molecule has 1 aliphatic heterocycles. The van der Waals surface area contributed by atoms with E-state index in [0.29, 0.717) is 37.3 Å². The van der Waals surface area contributed by atoms with Gasteiger partial charge in [-0.2, -0.15) is 0 Å². The molecule has 2 rings (SSSR count). The Labute approximate surface area is 133 Å². The number of methoxy groups -OCH3 is 1. The second kappa shape index (κ2) is 8.03. The summed E-state index contributed by atoms with van der Waals surface area (Å²) in [5.74, 6) is -2.15. The highest BCUT2D eigenvalue weighted by Gasteiger charge is 2.31. The fourth-order valence-corrected chi connectivity index (χ4v) is 2.47. The fourth-order valence-electron chi connectivity index (χ4n) is 2.47. The average molecular weight is 325 g/mol. The standard InChI is InChI=1S/C16H20FNO5/c1-22-6-7-23-10-13-8-11(2-3-14(13)17)15(19)18-5-4-12(9-18)16(20)21/h2-3,8,12H,4-7,9-10H2,1H3,(H,20,21). The molecule has 126 valence electrons. The fraction of sp³-hybridized carbons (Fsp3) is 0.500. The Morgan fingerprint density at radius 1 is 1.39 bits per heavy atom. The van der Waals surface area contributed by atoms with Gasteiger partial charge in [0, 0.05) is 31.3 Å². The summed E-state index contributed by atoms with van der Waals surface area (Å²) in [4.78, 5) is 24.9. The van der Waals surface area contributed by atoms with E-state index in [2.05, 4.69) is 0 Å². The zero-order valence-corrected chi connectivity index (χ0v) is 13.0. The lowest BCUT2D eigenvalue weighted by molar-refractivity contribution is -0.141. The molecular weight excluding hydrogens is 305 g/mol. The van der Waals surface area contributed by atoms with Crippen LogP contribution in [0.5, 0.6) is 0 Å². The van der Waals surface area contributed by atoms with E-state index in [4.69, 9.17) is 14.6 Å². The van der Waals surface area contributed by atoms with Crippen molar-refractivity contribution in [2.45, 2.75) is 13.0 Å². The molecule has 0 saturated carbocycles. The van der Waals surface area contributed by atoms with Gasteiger partial charge in [-0.3, -0.25) is 9.59 Å². The summed E-state index contributed by atoms with van der Waals surface area (Å²) < 4.78 is 23.9. The number of carboxylic acid groups (broad SMARTS) is 1. The highest BCUT2D eigenvalue weighted by atomic mass is 19.1. The van der Waals surface area contributed by atoms with Crippen molar-refractivity contribution in [3.63, 3.8) is 0 Å². The van der Waals surface area contributed by atoms with Crippen LogP contribution in [0, 0.1) is 11.7 Å². The largest absolute Gasteiger partial charge is 0.481 e. The van der Waals surface area contributed by atoms with Gasteiger partial charge >= 0.3 is 5.97 Å². The average Bonchev–Trinajstić information content (AvgIpc) is 3.02. The van der Waals surface area contributed by atoms with Crippen LogP contribution in [0.15, 0.2) is 18.2 Å². The number of nitrogens with zero attached hydrogens (tertiary/aromatic N) is 1. The molecule has 0 aromatic heterocycles. The van der Waals surface area contributed by atoms with Gasteiger partial charge in [0.25, 0.3) is 5.91 Å². The number of likely N-dealkylation sites (tertiary alicyclic amines) is 1. The van der Waals surface area contributed by atoms with Gasteiger partial charge in [-0.05, 0) is 24.6 Å². The number of ether oxygens (including phenoxy) is 2. The maximum atomic E-state index is 13.8. The lowest BCUT2D eigenvalue weighted by Crippen LogP contribution is -2.30. The first-order valence-electron chi connectivity index (χ1n) is 7.40. The molecule has 0 radical (unpaired) electrons. The maximum absolute atomic E-state index is 13.8. The van der Waals surface area contributed by atoms with Gasteiger partial charge in [0.15, 0.2) is 0 Å². The predicted octanol–water partition coefficient (Wildman–Crippen LogP) is 1.54. The van der Waals surface area contributed by atoms with Crippen LogP contribution >= 0.6 is 0 Å². The Kier molecular flexibility index (Phi) is 6.06. The predicted molar refractivity (Wildman–Crippen MR) is 79.6 cm³/mol. The number of benzene rings is 1. The molecule has 1 unspecified atom stereocenters. The SMILES string of the molecule is COCCOCc1cc(C(=O)N2CCC(C(=O)O)C2)ccc1F. The molecule has 1 fully saturated rings. The minimum absolute atomic E-state index is 0.0497. The van der Waals surface area contributed by atoms with Crippen molar-refractivity contribution >= 4 is 11.9 Å². The monoisotopic (exact) mass is 325 g/mol. The van der Waals surface area contributed by atoms with Crippen molar-refractivity contribution in [3.05, 3.63) is 35.1 Å². The Balaban J connectivity index is 2.02. The number of carbonyl (C=O) groups excluding carboxylic acids is 1. The van der Waals surface area contributed by atoms with E-state index in [0.717, 1.165) is 0 Å². The molecule has 1 aliphatic rings. The second-order valence-corrected chi connectivity index (χ2v) is 5.43. The smallest absolute Gasteiger partial charge is 0.308 e. The third kappa shape index (κ3) is 4.49. The molecule has 1 aromatic rings. The number of rotatable bonds is 7. The van der Waals surface area contributed by atoms with Crippen LogP contribution in [-0.4, -0.2) is 55.3 Å². The Bertz CT molecular complexity index is 578. The molecule has 1 heterocycles. The normalized spacial score (nSPS) is 17.5. The molecule has 0 aliphatic carbocycles. The third-order valence-electron chi connectivity index (χ3n) is 3.81. The zero-order valence-electron chi connectivity index (χ0n) is 13.0. The summed E-state index contributed by atoms with van der Waals surface area (Å²) in [6.45, 7) is 1.37. The van der Waals surface area contributed by atoms with Crippen LogP contribution in [-0.2, 0) is 20.9 Å². The Morgan fingerprint density at radius 3 is 2.83 bits per heavy atom. The van der Waals surface area contributed by atoms with Gasteiger partial charge in [-0.25, -0.2) is 4.39 Å². The van der Waals surface area contributed by atoms with Gasteiger partial charge in [0.1, 0.15) is 5.82 Å². The first-order chi connectivity index (χ1) is 11.0. The second-order valence-electron chi connectivity index (χ2n) is 5.43. The van der Waals surface area contributed by atoms with Gasteiger partial charge in [0.05, 0.1) is 25.7 Å². The number of aliphatic carboxylic acids is 1. The van der Waals surface area contributed by atoms with E-state index in [1.54, 1.807) is 7.11 Å². The molecular formula is C16H20FNO5. The van der Waals surface area contributed by atoms with Gasteiger partial charge in [-0.1, -0.05) is 0 Å². The summed E-state index contributed by atoms with van der Waals surface area (Å²) in [7, 11) is 1.55. The quantitative estimate of drug-likeness (QED) is 0.770. The number of hydrogen-bond donors (Lipinski definition) is 1. The van der Waals surface area contributed by atoms with Gasteiger partial charge < -0.3 is 19.5 Å². The maximum Gasteiger partial charge on any atom is 0.308 e. The number of carboxylic acids is 1. The minimum Gasteiger partial charge on any atom is -0.481 e. The van der Waals surface area contributed by atoms with Crippen molar-refractivity contribution in [1.29, 1.82) is 0 Å². The number of hydrogen-bond acceptors (Lipinski definition) is 4. The molecule has 1 atom stereocenters. The third-order valence-corrected chi connectivity index (χ3v) is 3.81. The zero-order chi connectivity index (χ0) is 16.8. The Morgan fingerprint density at radius 2 is 2.17 bits per heavy atom. The summed E-state index contributed by atoms with van der Waals surface area (Å²) in [5.41, 5.74) is 0.628. The highest BCUT2D eigenvalue weighted by Crippen LogP contribution is 2.20. The van der Waals surface area contributed by atoms with E-state index in [1.165, 1.54) is 23.1 Å². The molecule has 1 aromatic carbocycles. The topological polar surface area (TPSA) is 76.1 Å². The molecule has 1 N–H and O–H groups in total. The van der Waals surface area contributed by atoms with Crippen molar-refractivity contribution < 1.29 is 28.6 Å².